The van der Waals surface area contributed by atoms with Crippen LogP contribution in [0.1, 0.15) is 12.5 Å². The van der Waals surface area contributed by atoms with Crippen molar-refractivity contribution >= 4 is 27.3 Å². The Kier molecular flexibility index (Phi) is 6.76. The maximum Gasteiger partial charge on any atom is 0.274 e. The van der Waals surface area contributed by atoms with E-state index in [1.807, 2.05) is 0 Å². The lowest BCUT2D eigenvalue weighted by Gasteiger charge is -2.29. The molecule has 1 fully saturated rings. The van der Waals surface area contributed by atoms with Crippen LogP contribution < -0.4 is 9.46 Å². The van der Waals surface area contributed by atoms with Crippen molar-refractivity contribution in [3.05, 3.63) is 58.1 Å². The first-order valence-corrected chi connectivity index (χ1v) is 11.1. The highest BCUT2D eigenvalue weighted by Crippen LogP contribution is 2.27. The van der Waals surface area contributed by atoms with Gasteiger partial charge < -0.3 is 14.4 Å². The molecule has 1 aliphatic rings. The van der Waals surface area contributed by atoms with Gasteiger partial charge in [-0.25, -0.2) is 8.42 Å². The number of hydrogen-bond acceptors (Lipinski definition) is 7. The number of anilines is 1. The van der Waals surface area contributed by atoms with Gasteiger partial charge in [0.1, 0.15) is 5.75 Å². The van der Waals surface area contributed by atoms with Crippen molar-refractivity contribution in [3.63, 3.8) is 0 Å². The molecule has 1 atom stereocenters. The summed E-state index contributed by atoms with van der Waals surface area (Å²) in [6.07, 6.45) is -0.730. The molecule has 0 radical (unpaired) electrons. The normalized spacial score (nSPS) is 15.2. The number of nitrogens with one attached hydrogen (secondary N) is 1. The van der Waals surface area contributed by atoms with Crippen LogP contribution in [0.4, 0.5) is 11.4 Å². The van der Waals surface area contributed by atoms with Gasteiger partial charge in [-0.3, -0.25) is 19.6 Å². The number of benzene rings is 2. The summed E-state index contributed by atoms with van der Waals surface area (Å²) in [6.45, 7) is 5.10. The van der Waals surface area contributed by atoms with Crippen LogP contribution in [0.2, 0.25) is 0 Å². The number of nitro groups is 1. The van der Waals surface area contributed by atoms with Crippen molar-refractivity contribution < 1.29 is 27.6 Å². The molecule has 11 heteroatoms. The standard InChI is InChI=1S/C20H23N3O7S/c1-14-18(4-3-5-19(14)23(25)26)21-31(27,28)17-8-6-16(7-9-17)30-15(2)20(24)22-10-12-29-13-11-22/h3-9,15,21H,10-13H2,1-2H3/t15-/m1/s1. The summed E-state index contributed by atoms with van der Waals surface area (Å²) in [5.41, 5.74) is 0.161. The second-order valence-electron chi connectivity index (χ2n) is 6.98. The van der Waals surface area contributed by atoms with E-state index < -0.39 is 21.1 Å². The second kappa shape index (κ2) is 9.31. The minimum Gasteiger partial charge on any atom is -0.481 e. The molecule has 1 saturated heterocycles. The summed E-state index contributed by atoms with van der Waals surface area (Å²) in [6, 6.07) is 9.77. The van der Waals surface area contributed by atoms with Crippen molar-refractivity contribution in [1.29, 1.82) is 0 Å². The van der Waals surface area contributed by atoms with Crippen molar-refractivity contribution in [2.24, 2.45) is 0 Å². The number of carbonyl (C=O) groups is 1. The minimum absolute atomic E-state index is 0.0436. The summed E-state index contributed by atoms with van der Waals surface area (Å²) < 4.78 is 38.6. The van der Waals surface area contributed by atoms with E-state index in [4.69, 9.17) is 9.47 Å². The van der Waals surface area contributed by atoms with Crippen LogP contribution in [-0.2, 0) is 19.6 Å². The summed E-state index contributed by atoms with van der Waals surface area (Å²) >= 11 is 0. The zero-order chi connectivity index (χ0) is 22.6. The molecule has 1 N–H and O–H groups in total. The van der Waals surface area contributed by atoms with Gasteiger partial charge in [0.2, 0.25) is 0 Å². The van der Waals surface area contributed by atoms with Gasteiger partial charge in [-0.2, -0.15) is 0 Å². The number of hydrogen-bond donors (Lipinski definition) is 1. The molecule has 0 aliphatic carbocycles. The van der Waals surface area contributed by atoms with Crippen molar-refractivity contribution in [2.45, 2.75) is 24.8 Å². The zero-order valence-electron chi connectivity index (χ0n) is 17.1. The van der Waals surface area contributed by atoms with Crippen LogP contribution >= 0.6 is 0 Å². The smallest absolute Gasteiger partial charge is 0.274 e. The lowest BCUT2D eigenvalue weighted by atomic mass is 10.2. The largest absolute Gasteiger partial charge is 0.481 e. The van der Waals surface area contributed by atoms with Crippen LogP contribution in [0.15, 0.2) is 47.4 Å². The fraction of sp³-hybridized carbons (Fsp3) is 0.350. The van der Waals surface area contributed by atoms with E-state index in [1.54, 1.807) is 11.8 Å². The predicted molar refractivity (Wildman–Crippen MR) is 113 cm³/mol. The number of carbonyl (C=O) groups excluding carboxylic acids is 1. The molecule has 31 heavy (non-hydrogen) atoms. The average Bonchev–Trinajstić information content (AvgIpc) is 2.75. The van der Waals surface area contributed by atoms with Crippen molar-refractivity contribution in [3.8, 4) is 5.75 Å². The molecule has 10 nitrogen and oxygen atoms in total. The Morgan fingerprint density at radius 2 is 1.84 bits per heavy atom. The lowest BCUT2D eigenvalue weighted by Crippen LogP contribution is -2.46. The second-order valence-corrected chi connectivity index (χ2v) is 8.66. The molecule has 2 aromatic rings. The highest BCUT2D eigenvalue weighted by molar-refractivity contribution is 7.92. The molecular formula is C20H23N3O7S. The van der Waals surface area contributed by atoms with E-state index in [1.165, 1.54) is 49.4 Å². The number of amides is 1. The number of nitrogens with zero attached hydrogens (tertiary/aromatic N) is 2. The van der Waals surface area contributed by atoms with Gasteiger partial charge in [0, 0.05) is 19.2 Å². The number of rotatable bonds is 7. The first kappa shape index (κ1) is 22.5. The molecule has 1 amide bonds. The summed E-state index contributed by atoms with van der Waals surface area (Å²) in [5, 5.41) is 11.1. The molecule has 166 valence electrons. The van der Waals surface area contributed by atoms with Crippen LogP contribution in [0, 0.1) is 17.0 Å². The summed E-state index contributed by atoms with van der Waals surface area (Å²) in [4.78, 5) is 24.5. The number of ether oxygens (including phenoxy) is 2. The van der Waals surface area contributed by atoms with E-state index in [2.05, 4.69) is 4.72 Å². The maximum atomic E-state index is 12.7. The van der Waals surface area contributed by atoms with Crippen LogP contribution in [0.25, 0.3) is 0 Å². The molecule has 0 bridgehead atoms. The Hall–Kier alpha value is -3.18. The zero-order valence-corrected chi connectivity index (χ0v) is 17.9. The molecule has 0 unspecified atom stereocenters. The Morgan fingerprint density at radius 3 is 2.45 bits per heavy atom. The first-order valence-electron chi connectivity index (χ1n) is 9.59. The Labute approximate surface area is 180 Å². The Morgan fingerprint density at radius 1 is 1.19 bits per heavy atom. The predicted octanol–water partition coefficient (Wildman–Crippen LogP) is 2.33. The van der Waals surface area contributed by atoms with E-state index in [-0.39, 0.29) is 27.7 Å². The highest BCUT2D eigenvalue weighted by atomic mass is 32.2. The highest BCUT2D eigenvalue weighted by Gasteiger charge is 2.24. The fourth-order valence-electron chi connectivity index (χ4n) is 3.13. The van der Waals surface area contributed by atoms with E-state index in [0.717, 1.165) is 0 Å². The van der Waals surface area contributed by atoms with Gasteiger partial charge in [0.15, 0.2) is 6.10 Å². The third-order valence-corrected chi connectivity index (χ3v) is 6.25. The molecule has 0 aromatic heterocycles. The first-order chi connectivity index (χ1) is 14.7. The minimum atomic E-state index is -3.97. The van der Waals surface area contributed by atoms with E-state index in [9.17, 15) is 23.3 Å². The third-order valence-electron chi connectivity index (χ3n) is 4.86. The summed E-state index contributed by atoms with van der Waals surface area (Å²) in [7, 11) is -3.97. The van der Waals surface area contributed by atoms with Gasteiger partial charge in [-0.1, -0.05) is 6.07 Å². The molecule has 0 spiro atoms. The number of sulfonamides is 1. The van der Waals surface area contributed by atoms with Crippen molar-refractivity contribution in [2.75, 3.05) is 31.0 Å². The Balaban J connectivity index is 1.69. The van der Waals surface area contributed by atoms with Gasteiger partial charge in [-0.05, 0) is 44.2 Å². The van der Waals surface area contributed by atoms with Gasteiger partial charge in [0.05, 0.1) is 34.3 Å². The SMILES string of the molecule is Cc1c(NS(=O)(=O)c2ccc(O[C@H](C)C(=O)N3CCOCC3)cc2)cccc1[N+](=O)[O-]. The summed E-state index contributed by atoms with van der Waals surface area (Å²) in [5.74, 6) is 0.183. The lowest BCUT2D eigenvalue weighted by molar-refractivity contribution is -0.385. The number of morpholine rings is 1. The molecule has 0 saturated carbocycles. The van der Waals surface area contributed by atoms with Gasteiger partial charge in [-0.15, -0.1) is 0 Å². The fourth-order valence-corrected chi connectivity index (χ4v) is 4.25. The maximum absolute atomic E-state index is 12.7. The van der Waals surface area contributed by atoms with Crippen LogP contribution in [0.3, 0.4) is 0 Å². The third kappa shape index (κ3) is 5.30. The number of nitro benzene ring substituents is 1. The Bertz CT molecular complexity index is 1060. The van der Waals surface area contributed by atoms with Crippen molar-refractivity contribution in [1.82, 2.24) is 4.90 Å². The van der Waals surface area contributed by atoms with E-state index >= 15 is 0 Å². The quantitative estimate of drug-likeness (QED) is 0.507. The molecule has 3 rings (SSSR count). The van der Waals surface area contributed by atoms with Crippen LogP contribution in [-0.4, -0.2) is 56.6 Å². The van der Waals surface area contributed by atoms with Crippen LogP contribution in [0.5, 0.6) is 5.75 Å². The topological polar surface area (TPSA) is 128 Å². The molecule has 1 aliphatic heterocycles. The van der Waals surface area contributed by atoms with E-state index in [0.29, 0.717) is 32.1 Å². The van der Waals surface area contributed by atoms with Gasteiger partial charge >= 0.3 is 0 Å². The average molecular weight is 449 g/mol. The monoisotopic (exact) mass is 449 g/mol. The molecular weight excluding hydrogens is 426 g/mol. The molecule has 2 aromatic carbocycles. The van der Waals surface area contributed by atoms with Gasteiger partial charge in [0.25, 0.3) is 21.6 Å². The molecule has 1 heterocycles.